The number of aromatic amines is 1. The van der Waals surface area contributed by atoms with Gasteiger partial charge in [0.15, 0.2) is 11.9 Å². The Bertz CT molecular complexity index is 2590. The zero-order chi connectivity index (χ0) is 61.1. The smallest absolute Gasteiger partial charge is 0.326 e. The van der Waals surface area contributed by atoms with Crippen LogP contribution in [0.4, 0.5) is 0 Å². The summed E-state index contributed by atoms with van der Waals surface area (Å²) in [7, 11) is 0. The number of benzene rings is 2. The maximum Gasteiger partial charge on any atom is 0.326 e. The first-order valence-corrected chi connectivity index (χ1v) is 28.1. The van der Waals surface area contributed by atoms with Crippen molar-refractivity contribution in [1.82, 2.24) is 52.8 Å². The number of para-hydroxylation sites is 1. The predicted molar refractivity (Wildman–Crippen MR) is 313 cm³/mol. The minimum Gasteiger partial charge on any atom is -0.508 e. The maximum atomic E-state index is 14.6. The van der Waals surface area contributed by atoms with E-state index in [0.29, 0.717) is 30.4 Å². The molecule has 0 unspecified atom stereocenters. The number of amides is 7. The number of aliphatic carboxylic acids is 1. The molecule has 0 saturated heterocycles. The van der Waals surface area contributed by atoms with E-state index in [9.17, 15) is 48.6 Å². The van der Waals surface area contributed by atoms with Gasteiger partial charge in [0.1, 0.15) is 48.0 Å². The van der Waals surface area contributed by atoms with Crippen LogP contribution in [0.25, 0.3) is 10.9 Å². The number of phenols is 1. The van der Waals surface area contributed by atoms with Gasteiger partial charge in [-0.3, -0.25) is 44.4 Å². The normalized spacial score (nSPS) is 14.6. The number of aromatic hydroxyl groups is 1. The third-order valence-corrected chi connectivity index (χ3v) is 13.7. The summed E-state index contributed by atoms with van der Waals surface area (Å²) in [6.45, 7) is 11.5. The molecule has 3 aromatic rings. The second-order valence-corrected chi connectivity index (χ2v) is 21.6. The third kappa shape index (κ3) is 24.0. The predicted octanol–water partition coefficient (Wildman–Crippen LogP) is 0.258. The molecule has 82 heavy (non-hydrogen) atoms. The van der Waals surface area contributed by atoms with Gasteiger partial charge < -0.3 is 86.0 Å². The molecule has 3 rings (SSSR count). The van der Waals surface area contributed by atoms with E-state index in [4.69, 9.17) is 33.8 Å². The third-order valence-electron chi connectivity index (χ3n) is 13.7. The number of phenolic OH excluding ortho intramolecular Hbond substituents is 1. The number of carbonyl (C=O) groups is 8. The largest absolute Gasteiger partial charge is 0.508 e. The highest BCUT2D eigenvalue weighted by atomic mass is 16.4. The molecule has 0 saturated carbocycles. The minimum absolute atomic E-state index is 0.0127. The van der Waals surface area contributed by atoms with Gasteiger partial charge in [-0.1, -0.05) is 78.3 Å². The van der Waals surface area contributed by atoms with Crippen LogP contribution in [-0.4, -0.2) is 142 Å². The van der Waals surface area contributed by atoms with Crippen molar-refractivity contribution < 1.29 is 48.6 Å². The van der Waals surface area contributed by atoms with Gasteiger partial charge in [-0.2, -0.15) is 0 Å². The Morgan fingerprint density at radius 3 is 1.55 bits per heavy atom. The molecule has 22 N–H and O–H groups in total. The number of hydrogen-bond acceptors (Lipinski definition) is 13. The number of H-pyrrole nitrogens is 1. The Kier molecular flexibility index (Phi) is 29.1. The molecular formula is C56H90N16O10. The van der Waals surface area contributed by atoms with Gasteiger partial charge in [-0.25, -0.2) is 4.79 Å². The van der Waals surface area contributed by atoms with Crippen molar-refractivity contribution >= 4 is 70.1 Å². The number of fused-ring (bicyclic) bond motifs is 1. The molecule has 9 atom stereocenters. The molecule has 0 aliphatic heterocycles. The summed E-state index contributed by atoms with van der Waals surface area (Å²) in [6, 6.07) is 3.71. The Morgan fingerprint density at radius 2 is 1.04 bits per heavy atom. The van der Waals surface area contributed by atoms with Crippen LogP contribution in [0, 0.1) is 28.6 Å². The van der Waals surface area contributed by atoms with E-state index in [-0.39, 0.29) is 107 Å². The van der Waals surface area contributed by atoms with Crippen molar-refractivity contribution in [1.29, 1.82) is 10.8 Å². The van der Waals surface area contributed by atoms with Gasteiger partial charge in [0.05, 0.1) is 6.04 Å². The topological polar surface area (TPSA) is 453 Å². The van der Waals surface area contributed by atoms with E-state index in [1.807, 2.05) is 58.9 Å². The average Bonchev–Trinajstić information content (AvgIpc) is 3.83. The zero-order valence-corrected chi connectivity index (χ0v) is 48.1. The summed E-state index contributed by atoms with van der Waals surface area (Å²) in [6.07, 6.45) is 3.73. The Balaban J connectivity index is 1.91. The number of unbranched alkanes of at least 4 members (excludes halogenated alkanes) is 1. The van der Waals surface area contributed by atoms with E-state index < -0.39 is 102 Å². The summed E-state index contributed by atoms with van der Waals surface area (Å²) in [5.74, 6) is -7.86. The SMILES string of the molecule is CC[C@H](C)[C@H](NC(=O)[C@H](Cc1c[nH]c2ccccc12)NC(=O)[C@@H](N)Cc1ccc(O)cc1)C(=O)N[C@@H](CC(C)C)C(=O)N[C@@H](CC(C)C)C(=O)N[C@@H](CCCNC(=N)N)C(=O)N[C@@H](CCCCN)C(=O)N[C@@H](CCCNC(=N)N)C(=O)O. The second-order valence-electron chi connectivity index (χ2n) is 21.6. The van der Waals surface area contributed by atoms with Gasteiger partial charge in [0, 0.05) is 36.6 Å². The Hall–Kier alpha value is -8.00. The van der Waals surface area contributed by atoms with Crippen molar-refractivity contribution in [2.45, 2.75) is 167 Å². The molecule has 0 fully saturated rings. The summed E-state index contributed by atoms with van der Waals surface area (Å²) in [5, 5.41) is 59.9. The quantitative estimate of drug-likeness (QED) is 0.0209. The highest BCUT2D eigenvalue weighted by Crippen LogP contribution is 2.21. The van der Waals surface area contributed by atoms with Crippen molar-refractivity contribution in [3.63, 3.8) is 0 Å². The average molecular weight is 1150 g/mol. The molecule has 1 heterocycles. The Morgan fingerprint density at radius 1 is 0.573 bits per heavy atom. The van der Waals surface area contributed by atoms with Crippen molar-refractivity contribution in [2.24, 2.45) is 40.7 Å². The number of nitrogens with two attached hydrogens (primary N) is 4. The lowest BCUT2D eigenvalue weighted by Gasteiger charge is -2.30. The van der Waals surface area contributed by atoms with E-state index >= 15 is 0 Å². The number of guanidine groups is 2. The summed E-state index contributed by atoms with van der Waals surface area (Å²) in [5.41, 5.74) is 25.1. The number of carboxylic acid groups (broad SMARTS) is 1. The number of aromatic nitrogens is 1. The highest BCUT2D eigenvalue weighted by Gasteiger charge is 2.36. The molecule has 1 aromatic heterocycles. The van der Waals surface area contributed by atoms with Gasteiger partial charge in [0.25, 0.3) is 0 Å². The van der Waals surface area contributed by atoms with Crippen LogP contribution in [0.1, 0.15) is 117 Å². The molecule has 26 heteroatoms. The van der Waals surface area contributed by atoms with Crippen LogP contribution < -0.4 is 70.8 Å². The number of rotatable bonds is 37. The van der Waals surface area contributed by atoms with Crippen LogP contribution in [0.3, 0.4) is 0 Å². The first kappa shape index (κ1) is 68.3. The molecular weight excluding hydrogens is 1060 g/mol. The van der Waals surface area contributed by atoms with E-state index in [1.54, 1.807) is 25.3 Å². The molecule has 0 spiro atoms. The monoisotopic (exact) mass is 1150 g/mol. The summed E-state index contributed by atoms with van der Waals surface area (Å²) >= 11 is 0. The number of hydrogen-bond donors (Lipinski definition) is 18. The van der Waals surface area contributed by atoms with E-state index in [2.05, 4.69) is 52.8 Å². The van der Waals surface area contributed by atoms with Crippen LogP contribution in [-0.2, 0) is 51.2 Å². The fourth-order valence-electron chi connectivity index (χ4n) is 9.05. The lowest BCUT2D eigenvalue weighted by atomic mass is 9.95. The van der Waals surface area contributed by atoms with Crippen LogP contribution in [0.5, 0.6) is 5.75 Å². The van der Waals surface area contributed by atoms with Crippen LogP contribution in [0.2, 0.25) is 0 Å². The lowest BCUT2D eigenvalue weighted by Crippen LogP contribution is -2.61. The van der Waals surface area contributed by atoms with Gasteiger partial charge in [0.2, 0.25) is 41.4 Å². The minimum atomic E-state index is -1.35. The van der Waals surface area contributed by atoms with E-state index in [1.165, 1.54) is 12.1 Å². The number of nitrogens with one attached hydrogen (secondary N) is 12. The second kappa shape index (κ2) is 35.0. The number of carboxylic acids is 1. The van der Waals surface area contributed by atoms with Crippen molar-refractivity contribution in [2.75, 3.05) is 19.6 Å². The zero-order valence-electron chi connectivity index (χ0n) is 48.1. The molecule has 26 nitrogen and oxygen atoms in total. The molecule has 2 aromatic carbocycles. The fraction of sp³-hybridized carbons (Fsp3) is 0.571. The lowest BCUT2D eigenvalue weighted by molar-refractivity contribution is -0.142. The number of carbonyl (C=O) groups excluding carboxylic acids is 7. The summed E-state index contributed by atoms with van der Waals surface area (Å²) < 4.78 is 0. The van der Waals surface area contributed by atoms with Gasteiger partial charge in [-0.05, 0) is 118 Å². The van der Waals surface area contributed by atoms with Crippen molar-refractivity contribution in [3.8, 4) is 5.75 Å². The highest BCUT2D eigenvalue weighted by molar-refractivity contribution is 5.98. The molecule has 0 bridgehead atoms. The molecule has 7 amide bonds. The molecule has 0 radical (unpaired) electrons. The maximum absolute atomic E-state index is 14.6. The van der Waals surface area contributed by atoms with Gasteiger partial charge in [-0.15, -0.1) is 0 Å². The Labute approximate surface area is 479 Å². The van der Waals surface area contributed by atoms with E-state index in [0.717, 1.165) is 10.9 Å². The van der Waals surface area contributed by atoms with Crippen LogP contribution in [0.15, 0.2) is 54.7 Å². The first-order chi connectivity index (χ1) is 38.8. The molecule has 0 aliphatic carbocycles. The standard InChI is InChI=1S/C56H90N16O10/c1-7-33(6)46(72-52(79)45(29-35-30-65-39-15-9-8-14-37(35)39)69-47(74)38(58)28-34-19-21-36(73)22-20-34)53(80)71-44(27-32(4)5)51(78)70-43(26-31(2)3)50(77)67-41(17-12-24-63-55(59)60)48(75)66-40(16-10-11-23-57)49(76)68-42(54(81)82)18-13-25-64-56(61)62/h8-9,14-15,19-22,30-33,38,40-46,65,73H,7,10-13,16-18,23-29,57-58H2,1-6H3,(H,66,75)(H,67,77)(H,68,76)(H,69,74)(H,70,78)(H,71,80)(H,72,79)(H,81,82)(H4,59,60,63)(H4,61,62,64)/t33-,38-,40-,41-,42-,43-,44-,45-,46-/m0/s1. The first-order valence-electron chi connectivity index (χ1n) is 28.1. The summed E-state index contributed by atoms with van der Waals surface area (Å²) in [4.78, 5) is 115. The van der Waals surface area contributed by atoms with Crippen LogP contribution >= 0.6 is 0 Å². The molecule has 454 valence electrons. The van der Waals surface area contributed by atoms with Gasteiger partial charge >= 0.3 is 5.97 Å². The fourth-order valence-corrected chi connectivity index (χ4v) is 9.05. The van der Waals surface area contributed by atoms with Crippen molar-refractivity contribution in [3.05, 3.63) is 65.9 Å². The molecule has 0 aliphatic rings.